The molecule has 9 heteroatoms. The van der Waals surface area contributed by atoms with Gasteiger partial charge in [-0.1, -0.05) is 23.2 Å². The van der Waals surface area contributed by atoms with Crippen molar-refractivity contribution in [1.29, 1.82) is 0 Å². The molecule has 2 aromatic rings. The normalized spacial score (nSPS) is 14.5. The lowest BCUT2D eigenvalue weighted by Gasteiger charge is -2.21. The molecule has 0 saturated carbocycles. The Morgan fingerprint density at radius 3 is 2.46 bits per heavy atom. The number of ether oxygens (including phenoxy) is 1. The Labute approximate surface area is 179 Å². The van der Waals surface area contributed by atoms with Crippen molar-refractivity contribution in [2.75, 3.05) is 4.72 Å². The van der Waals surface area contributed by atoms with Gasteiger partial charge in [-0.2, -0.15) is 0 Å². The van der Waals surface area contributed by atoms with Crippen LogP contribution in [0.25, 0.3) is 0 Å². The molecule has 5 nitrogen and oxygen atoms in total. The molecular formula is C19H21Cl2NO4S2. The van der Waals surface area contributed by atoms with E-state index in [1.807, 2.05) is 0 Å². The first-order valence-electron chi connectivity index (χ1n) is 8.84. The van der Waals surface area contributed by atoms with E-state index in [1.54, 1.807) is 20.8 Å². The van der Waals surface area contributed by atoms with Gasteiger partial charge < -0.3 is 4.74 Å². The van der Waals surface area contributed by atoms with E-state index in [4.69, 9.17) is 27.9 Å². The summed E-state index contributed by atoms with van der Waals surface area (Å²) in [4.78, 5) is 13.8. The number of sulfonamides is 1. The summed E-state index contributed by atoms with van der Waals surface area (Å²) >= 11 is 13.1. The molecule has 0 radical (unpaired) electrons. The molecular weight excluding hydrogens is 441 g/mol. The van der Waals surface area contributed by atoms with Gasteiger partial charge in [0.15, 0.2) is 0 Å². The minimum absolute atomic E-state index is 0.0246. The molecule has 0 unspecified atom stereocenters. The van der Waals surface area contributed by atoms with Crippen molar-refractivity contribution >= 4 is 55.5 Å². The summed E-state index contributed by atoms with van der Waals surface area (Å²) < 4.78 is 33.9. The lowest BCUT2D eigenvalue weighted by Crippen LogP contribution is -2.25. The lowest BCUT2D eigenvalue weighted by atomic mass is 9.95. The maximum absolute atomic E-state index is 12.9. The van der Waals surface area contributed by atoms with Crippen LogP contribution in [0.5, 0.6) is 0 Å². The molecule has 0 amide bonds. The second kappa shape index (κ2) is 7.86. The smallest absolute Gasteiger partial charge is 0.341 e. The number of esters is 1. The van der Waals surface area contributed by atoms with Gasteiger partial charge in [-0.25, -0.2) is 13.2 Å². The van der Waals surface area contributed by atoms with Gasteiger partial charge in [-0.3, -0.25) is 4.72 Å². The highest BCUT2D eigenvalue weighted by Gasteiger charge is 2.31. The summed E-state index contributed by atoms with van der Waals surface area (Å²) in [6.45, 7) is 5.34. The van der Waals surface area contributed by atoms with Crippen molar-refractivity contribution in [2.24, 2.45) is 0 Å². The van der Waals surface area contributed by atoms with Gasteiger partial charge in [0, 0.05) is 4.88 Å². The fourth-order valence-electron chi connectivity index (χ4n) is 3.01. The fourth-order valence-corrected chi connectivity index (χ4v) is 5.98. The number of hydrogen-bond donors (Lipinski definition) is 1. The Morgan fingerprint density at radius 2 is 1.82 bits per heavy atom. The summed E-state index contributed by atoms with van der Waals surface area (Å²) in [7, 11) is -3.94. The maximum Gasteiger partial charge on any atom is 0.341 e. The van der Waals surface area contributed by atoms with Crippen LogP contribution in [0.3, 0.4) is 0 Å². The van der Waals surface area contributed by atoms with Gasteiger partial charge in [0.25, 0.3) is 10.0 Å². The molecule has 152 valence electrons. The van der Waals surface area contributed by atoms with E-state index in [0.29, 0.717) is 5.56 Å². The van der Waals surface area contributed by atoms with Crippen LogP contribution >= 0.6 is 34.5 Å². The molecule has 1 aromatic heterocycles. The third-order valence-corrected chi connectivity index (χ3v) is 7.63. The van der Waals surface area contributed by atoms with E-state index < -0.39 is 21.6 Å². The third kappa shape index (κ3) is 4.64. The highest BCUT2D eigenvalue weighted by molar-refractivity contribution is 7.93. The van der Waals surface area contributed by atoms with Crippen LogP contribution in [0.1, 0.15) is 54.4 Å². The second-order valence-electron chi connectivity index (χ2n) is 7.60. The zero-order chi connectivity index (χ0) is 20.7. The first-order chi connectivity index (χ1) is 13.0. The predicted molar refractivity (Wildman–Crippen MR) is 113 cm³/mol. The standard InChI is InChI=1S/C19H21Cl2NO4S2/c1-19(2,3)26-18(23)16-12-6-4-5-7-15(12)27-17(16)22-28(24,25)11-8-9-13(20)14(21)10-11/h8-10,22H,4-7H2,1-3H3. The average Bonchev–Trinajstić information content (AvgIpc) is 2.92. The van der Waals surface area contributed by atoms with E-state index in [-0.39, 0.29) is 19.9 Å². The number of thiophene rings is 1. The molecule has 1 aromatic carbocycles. The zero-order valence-corrected chi connectivity index (χ0v) is 18.9. The highest BCUT2D eigenvalue weighted by Crippen LogP contribution is 2.40. The molecule has 0 fully saturated rings. The number of nitrogens with one attached hydrogen (secondary N) is 1. The van der Waals surface area contributed by atoms with Crippen LogP contribution in [-0.2, 0) is 27.6 Å². The monoisotopic (exact) mass is 461 g/mol. The van der Waals surface area contributed by atoms with Crippen molar-refractivity contribution < 1.29 is 17.9 Å². The Morgan fingerprint density at radius 1 is 1.14 bits per heavy atom. The first kappa shape index (κ1) is 21.4. The summed E-state index contributed by atoms with van der Waals surface area (Å²) in [6.07, 6.45) is 3.53. The van der Waals surface area contributed by atoms with Crippen molar-refractivity contribution in [3.05, 3.63) is 44.2 Å². The molecule has 1 aliphatic carbocycles. The van der Waals surface area contributed by atoms with Gasteiger partial charge in [0.05, 0.1) is 20.5 Å². The van der Waals surface area contributed by atoms with Crippen LogP contribution in [0.15, 0.2) is 23.1 Å². The molecule has 0 saturated heterocycles. The number of fused-ring (bicyclic) bond motifs is 1. The molecule has 0 aliphatic heterocycles. The number of anilines is 1. The van der Waals surface area contributed by atoms with E-state index in [9.17, 15) is 13.2 Å². The van der Waals surface area contributed by atoms with Crippen LogP contribution in [-0.4, -0.2) is 20.0 Å². The third-order valence-electron chi connectivity index (χ3n) is 4.20. The Balaban J connectivity index is 2.02. The summed E-state index contributed by atoms with van der Waals surface area (Å²) in [5.41, 5.74) is 0.524. The number of aryl methyl sites for hydroxylation is 1. The minimum atomic E-state index is -3.94. The quantitative estimate of drug-likeness (QED) is 0.593. The Hall–Kier alpha value is -1.28. The van der Waals surface area contributed by atoms with Gasteiger partial charge in [-0.05, 0) is 70.2 Å². The SMILES string of the molecule is CC(C)(C)OC(=O)c1c(NS(=O)(=O)c2ccc(Cl)c(Cl)c2)sc2c1CCCC2. The Kier molecular flexibility index (Phi) is 6.01. The number of benzene rings is 1. The second-order valence-corrected chi connectivity index (χ2v) is 11.2. The fraction of sp³-hybridized carbons (Fsp3) is 0.421. The molecule has 1 N–H and O–H groups in total. The summed E-state index contributed by atoms with van der Waals surface area (Å²) in [5, 5.41) is 0.691. The molecule has 1 aliphatic rings. The zero-order valence-electron chi connectivity index (χ0n) is 15.8. The largest absolute Gasteiger partial charge is 0.456 e. The predicted octanol–water partition coefficient (Wildman–Crippen LogP) is 5.69. The maximum atomic E-state index is 12.9. The number of hydrogen-bond acceptors (Lipinski definition) is 5. The molecule has 0 bridgehead atoms. The topological polar surface area (TPSA) is 72.5 Å². The van der Waals surface area contributed by atoms with E-state index in [2.05, 4.69) is 4.72 Å². The number of rotatable bonds is 4. The van der Waals surface area contributed by atoms with Crippen molar-refractivity contribution in [3.63, 3.8) is 0 Å². The highest BCUT2D eigenvalue weighted by atomic mass is 35.5. The van der Waals surface area contributed by atoms with E-state index in [1.165, 1.54) is 29.5 Å². The number of halogens is 2. The van der Waals surface area contributed by atoms with Crippen LogP contribution in [0.2, 0.25) is 10.0 Å². The van der Waals surface area contributed by atoms with Crippen LogP contribution in [0, 0.1) is 0 Å². The average molecular weight is 462 g/mol. The molecule has 3 rings (SSSR count). The van der Waals surface area contributed by atoms with Crippen molar-refractivity contribution in [3.8, 4) is 0 Å². The van der Waals surface area contributed by atoms with Crippen LogP contribution < -0.4 is 4.72 Å². The van der Waals surface area contributed by atoms with Crippen LogP contribution in [0.4, 0.5) is 5.00 Å². The van der Waals surface area contributed by atoms with Gasteiger partial charge in [0.1, 0.15) is 10.6 Å². The minimum Gasteiger partial charge on any atom is -0.456 e. The lowest BCUT2D eigenvalue weighted by molar-refractivity contribution is 0.00699. The van der Waals surface area contributed by atoms with Crippen molar-refractivity contribution in [2.45, 2.75) is 57.0 Å². The molecule has 28 heavy (non-hydrogen) atoms. The summed E-state index contributed by atoms with van der Waals surface area (Å²) in [6, 6.07) is 4.08. The molecule has 0 atom stereocenters. The summed E-state index contributed by atoms with van der Waals surface area (Å²) in [5.74, 6) is -0.515. The van der Waals surface area contributed by atoms with E-state index >= 15 is 0 Å². The molecule has 1 heterocycles. The first-order valence-corrected chi connectivity index (χ1v) is 11.9. The van der Waals surface area contributed by atoms with Gasteiger partial charge in [0.2, 0.25) is 0 Å². The number of carbonyl (C=O) groups is 1. The Bertz CT molecular complexity index is 1020. The van der Waals surface area contributed by atoms with Gasteiger partial charge in [-0.15, -0.1) is 11.3 Å². The van der Waals surface area contributed by atoms with Gasteiger partial charge >= 0.3 is 5.97 Å². The number of carbonyl (C=O) groups excluding carboxylic acids is 1. The van der Waals surface area contributed by atoms with Crippen molar-refractivity contribution in [1.82, 2.24) is 0 Å². The van der Waals surface area contributed by atoms with E-state index in [0.717, 1.165) is 36.1 Å². The molecule has 0 spiro atoms.